The number of hydrogen-bond donors (Lipinski definition) is 4. The molecule has 2 aliphatic rings. The fourth-order valence-electron chi connectivity index (χ4n) is 3.42. The zero-order chi connectivity index (χ0) is 17.6. The van der Waals surface area contributed by atoms with Crippen LogP contribution < -0.4 is 0 Å². The van der Waals surface area contributed by atoms with Crippen LogP contribution in [0.2, 0.25) is 0 Å². The van der Waals surface area contributed by atoms with E-state index in [1.54, 1.807) is 12.1 Å². The van der Waals surface area contributed by atoms with Crippen molar-refractivity contribution >= 4 is 17.2 Å². The smallest absolute Gasteiger partial charge is 0.161 e. The van der Waals surface area contributed by atoms with Gasteiger partial charge in [-0.2, -0.15) is 0 Å². The van der Waals surface area contributed by atoms with Crippen molar-refractivity contribution in [2.75, 3.05) is 0 Å². The van der Waals surface area contributed by atoms with Gasteiger partial charge >= 0.3 is 0 Å². The second-order valence-electron chi connectivity index (χ2n) is 6.38. The summed E-state index contributed by atoms with van der Waals surface area (Å²) < 4.78 is 0. The molecule has 0 fully saturated rings. The van der Waals surface area contributed by atoms with E-state index in [1.807, 2.05) is 30.4 Å². The summed E-state index contributed by atoms with van der Waals surface area (Å²) in [6.07, 6.45) is 7.29. The number of benzene rings is 2. The van der Waals surface area contributed by atoms with Gasteiger partial charge < -0.3 is 20.4 Å². The number of aliphatic hydroxyl groups excluding tert-OH is 1. The van der Waals surface area contributed by atoms with E-state index < -0.39 is 6.29 Å². The zero-order valence-electron chi connectivity index (χ0n) is 13.4. The maximum Gasteiger partial charge on any atom is 0.161 e. The van der Waals surface area contributed by atoms with Crippen molar-refractivity contribution in [2.45, 2.75) is 18.6 Å². The lowest BCUT2D eigenvalue weighted by Crippen LogP contribution is -2.14. The van der Waals surface area contributed by atoms with Gasteiger partial charge in [0.1, 0.15) is 0 Å². The predicted octanol–water partition coefficient (Wildman–Crippen LogP) is 3.39. The highest BCUT2D eigenvalue weighted by atomic mass is 16.5. The van der Waals surface area contributed by atoms with Crippen molar-refractivity contribution in [3.05, 3.63) is 76.9 Å². The lowest BCUT2D eigenvalue weighted by molar-refractivity contribution is -0.0490. The number of rotatable bonds is 3. The third-order valence-corrected chi connectivity index (χ3v) is 4.80. The number of aliphatic hydroxyl groups is 2. The third-order valence-electron chi connectivity index (χ3n) is 4.80. The molecule has 0 aromatic heterocycles. The standard InChI is InChI=1S/C21H18O4/c22-19-8-5-15(11-20(19)23)13-2-1-12(9-13)14-3-6-17-16(10-14)4-7-18(17)21(24)25/h1,3-11,18,21-25H,2H2. The van der Waals surface area contributed by atoms with E-state index in [0.29, 0.717) is 0 Å². The van der Waals surface area contributed by atoms with E-state index >= 15 is 0 Å². The molecular weight excluding hydrogens is 316 g/mol. The molecule has 0 heterocycles. The zero-order valence-corrected chi connectivity index (χ0v) is 13.4. The highest BCUT2D eigenvalue weighted by Gasteiger charge is 2.23. The molecule has 2 aromatic carbocycles. The summed E-state index contributed by atoms with van der Waals surface area (Å²) in [5, 5.41) is 38.0. The van der Waals surface area contributed by atoms with Crippen molar-refractivity contribution < 1.29 is 20.4 Å². The Morgan fingerprint density at radius 1 is 0.920 bits per heavy atom. The van der Waals surface area contributed by atoms with Crippen molar-refractivity contribution in [3.63, 3.8) is 0 Å². The largest absolute Gasteiger partial charge is 0.504 e. The lowest BCUT2D eigenvalue weighted by atomic mass is 9.96. The summed E-state index contributed by atoms with van der Waals surface area (Å²) in [7, 11) is 0. The molecule has 1 atom stereocenters. The molecule has 0 radical (unpaired) electrons. The average molecular weight is 334 g/mol. The first-order valence-electron chi connectivity index (χ1n) is 8.14. The third kappa shape index (κ3) is 2.76. The van der Waals surface area contributed by atoms with Gasteiger partial charge in [-0.05, 0) is 58.0 Å². The van der Waals surface area contributed by atoms with Gasteiger partial charge in [-0.15, -0.1) is 0 Å². The molecule has 0 bridgehead atoms. The van der Waals surface area contributed by atoms with Gasteiger partial charge in [0.2, 0.25) is 0 Å². The summed E-state index contributed by atoms with van der Waals surface area (Å²) in [5.41, 5.74) is 6.03. The number of hydrogen-bond acceptors (Lipinski definition) is 4. The van der Waals surface area contributed by atoms with Gasteiger partial charge in [-0.3, -0.25) is 0 Å². The van der Waals surface area contributed by atoms with Crippen molar-refractivity contribution in [1.82, 2.24) is 0 Å². The normalized spacial score (nSPS) is 18.4. The summed E-state index contributed by atoms with van der Waals surface area (Å²) in [6.45, 7) is 0. The second kappa shape index (κ2) is 5.92. The van der Waals surface area contributed by atoms with Gasteiger partial charge in [0.25, 0.3) is 0 Å². The lowest BCUT2D eigenvalue weighted by Gasteiger charge is -2.13. The van der Waals surface area contributed by atoms with Crippen LogP contribution in [0.5, 0.6) is 11.5 Å². The minimum atomic E-state index is -1.39. The first kappa shape index (κ1) is 15.7. The first-order chi connectivity index (χ1) is 12.0. The molecule has 4 rings (SSSR count). The number of aromatic hydroxyl groups is 2. The fourth-order valence-corrected chi connectivity index (χ4v) is 3.42. The predicted molar refractivity (Wildman–Crippen MR) is 96.8 cm³/mol. The summed E-state index contributed by atoms with van der Waals surface area (Å²) in [5.74, 6) is -0.614. The van der Waals surface area contributed by atoms with Gasteiger partial charge in [-0.1, -0.05) is 42.5 Å². The molecule has 0 saturated heterocycles. The maximum atomic E-state index is 9.68. The van der Waals surface area contributed by atoms with Gasteiger partial charge in [-0.25, -0.2) is 0 Å². The van der Waals surface area contributed by atoms with Crippen molar-refractivity contribution in [2.24, 2.45) is 0 Å². The number of phenolic OH excluding ortho intramolecular Hbond substituents is 2. The summed E-state index contributed by atoms with van der Waals surface area (Å²) in [4.78, 5) is 0. The van der Waals surface area contributed by atoms with Crippen molar-refractivity contribution in [3.8, 4) is 11.5 Å². The molecule has 4 heteroatoms. The van der Waals surface area contributed by atoms with E-state index in [2.05, 4.69) is 12.2 Å². The van der Waals surface area contributed by atoms with E-state index in [4.69, 9.17) is 0 Å². The quantitative estimate of drug-likeness (QED) is 0.512. The van der Waals surface area contributed by atoms with E-state index in [1.165, 1.54) is 6.07 Å². The molecular formula is C21H18O4. The Balaban J connectivity index is 1.62. The molecule has 0 amide bonds. The molecule has 126 valence electrons. The van der Waals surface area contributed by atoms with Gasteiger partial charge in [0, 0.05) is 0 Å². The van der Waals surface area contributed by atoms with Crippen molar-refractivity contribution in [1.29, 1.82) is 0 Å². The molecule has 0 spiro atoms. The van der Waals surface area contributed by atoms with Crippen LogP contribution in [0.3, 0.4) is 0 Å². The SMILES string of the molecule is Oc1ccc(C2=CC(c3ccc4c(c3)C=CC4C(O)O)=CC2)cc1O. The Kier molecular flexibility index (Phi) is 3.71. The average Bonchev–Trinajstić information content (AvgIpc) is 3.23. The highest BCUT2D eigenvalue weighted by molar-refractivity contribution is 5.90. The van der Waals surface area contributed by atoms with Crippen LogP contribution in [0.15, 0.2) is 54.6 Å². The summed E-state index contributed by atoms with van der Waals surface area (Å²) >= 11 is 0. The molecule has 4 nitrogen and oxygen atoms in total. The van der Waals surface area contributed by atoms with Crippen LogP contribution in [-0.2, 0) is 0 Å². The molecule has 0 saturated carbocycles. The molecule has 1 unspecified atom stereocenters. The maximum absolute atomic E-state index is 9.68. The minimum absolute atomic E-state index is 0.122. The molecule has 2 aliphatic carbocycles. The topological polar surface area (TPSA) is 80.9 Å². The first-order valence-corrected chi connectivity index (χ1v) is 8.14. The monoisotopic (exact) mass is 334 g/mol. The Hall–Kier alpha value is -2.82. The number of fused-ring (bicyclic) bond motifs is 1. The van der Waals surface area contributed by atoms with Gasteiger partial charge in [0.05, 0.1) is 5.92 Å². The Morgan fingerprint density at radius 3 is 2.48 bits per heavy atom. The Morgan fingerprint density at radius 2 is 1.72 bits per heavy atom. The minimum Gasteiger partial charge on any atom is -0.504 e. The van der Waals surface area contributed by atoms with Crippen LogP contribution in [0, 0.1) is 0 Å². The molecule has 2 aromatic rings. The fraction of sp³-hybridized carbons (Fsp3) is 0.143. The van der Waals surface area contributed by atoms with Crippen LogP contribution in [0.1, 0.15) is 34.6 Å². The Labute approximate surface area is 145 Å². The molecule has 25 heavy (non-hydrogen) atoms. The van der Waals surface area contributed by atoms with Crippen LogP contribution in [0.4, 0.5) is 0 Å². The molecule has 4 N–H and O–H groups in total. The van der Waals surface area contributed by atoms with E-state index in [9.17, 15) is 20.4 Å². The van der Waals surface area contributed by atoms with E-state index in [-0.39, 0.29) is 17.4 Å². The highest BCUT2D eigenvalue weighted by Crippen LogP contribution is 2.38. The van der Waals surface area contributed by atoms with Crippen LogP contribution in [-0.4, -0.2) is 26.7 Å². The van der Waals surface area contributed by atoms with Gasteiger partial charge in [0.15, 0.2) is 17.8 Å². The second-order valence-corrected chi connectivity index (χ2v) is 6.38. The molecule has 0 aliphatic heterocycles. The van der Waals surface area contributed by atoms with E-state index in [0.717, 1.165) is 39.8 Å². The number of allylic oxidation sites excluding steroid dienone is 4. The van der Waals surface area contributed by atoms with Crippen LogP contribution >= 0.6 is 0 Å². The van der Waals surface area contributed by atoms with Crippen LogP contribution in [0.25, 0.3) is 17.2 Å². The Bertz CT molecular complexity index is 935. The summed E-state index contributed by atoms with van der Waals surface area (Å²) in [6, 6.07) is 10.8. The number of phenols is 2.